The van der Waals surface area contributed by atoms with Crippen LogP contribution < -0.4 is 0 Å². The molecule has 0 aromatic heterocycles. The van der Waals surface area contributed by atoms with Crippen molar-refractivity contribution in [1.29, 1.82) is 0 Å². The van der Waals surface area contributed by atoms with Crippen LogP contribution in [0.4, 0.5) is 0 Å². The minimum Gasteiger partial charge on any atom is -0.300 e. The summed E-state index contributed by atoms with van der Waals surface area (Å²) in [7, 11) is 0. The van der Waals surface area contributed by atoms with Gasteiger partial charge in [-0.15, -0.1) is 0 Å². The number of hydrogen-bond donors (Lipinski definition) is 0. The summed E-state index contributed by atoms with van der Waals surface area (Å²) in [6.45, 7) is 13.0. The van der Waals surface area contributed by atoms with Gasteiger partial charge in [0, 0.05) is 12.8 Å². The molecule has 0 bridgehead atoms. The van der Waals surface area contributed by atoms with Crippen LogP contribution in [0.5, 0.6) is 0 Å². The Morgan fingerprint density at radius 3 is 1.67 bits per heavy atom. The summed E-state index contributed by atoms with van der Waals surface area (Å²) in [4.78, 5) is 10.8. The lowest BCUT2D eigenvalue weighted by atomic mass is 9.74. The zero-order valence-corrected chi connectivity index (χ0v) is 12.7. The molecule has 0 aromatic rings. The Hall–Kier alpha value is -0.590. The first-order chi connectivity index (χ1) is 8.40. The van der Waals surface area contributed by atoms with E-state index in [9.17, 15) is 4.79 Å². The molecule has 0 atom stereocenters. The van der Waals surface area contributed by atoms with Gasteiger partial charge < -0.3 is 0 Å². The highest BCUT2D eigenvalue weighted by Crippen LogP contribution is 2.36. The van der Waals surface area contributed by atoms with Crippen LogP contribution in [-0.4, -0.2) is 5.78 Å². The highest BCUT2D eigenvalue weighted by atomic mass is 16.1. The molecule has 0 spiro atoms. The van der Waals surface area contributed by atoms with Gasteiger partial charge in [-0.25, -0.2) is 0 Å². The molecule has 0 N–H and O–H groups in total. The van der Waals surface area contributed by atoms with Crippen molar-refractivity contribution in [2.75, 3.05) is 0 Å². The molecule has 0 amide bonds. The molecular weight excluding hydrogens is 220 g/mol. The third-order valence-corrected chi connectivity index (χ3v) is 4.58. The van der Waals surface area contributed by atoms with Crippen LogP contribution in [0, 0.1) is 23.7 Å². The number of rotatable bonds is 2. The first-order valence-electron chi connectivity index (χ1n) is 7.58. The summed E-state index contributed by atoms with van der Waals surface area (Å²) in [5.41, 5.74) is 1.45. The maximum Gasteiger partial charge on any atom is 0.132 e. The summed E-state index contributed by atoms with van der Waals surface area (Å²) in [5.74, 6) is 3.89. The third-order valence-electron chi connectivity index (χ3n) is 4.58. The van der Waals surface area contributed by atoms with E-state index in [1.165, 1.54) is 18.4 Å². The van der Waals surface area contributed by atoms with Gasteiger partial charge >= 0.3 is 0 Å². The number of carbonyl (C=O) groups excluding carboxylic acids is 1. The Bertz CT molecular complexity index is 270. The molecule has 0 saturated heterocycles. The zero-order valence-electron chi connectivity index (χ0n) is 12.7. The SMILES string of the molecule is C=C1CC(C(C)C)C1.CC(C)C1CCC(=O)CC1. The summed E-state index contributed by atoms with van der Waals surface area (Å²) in [6.07, 6.45) is 6.52. The van der Waals surface area contributed by atoms with Crippen LogP contribution in [-0.2, 0) is 4.79 Å². The van der Waals surface area contributed by atoms with Gasteiger partial charge in [-0.3, -0.25) is 4.79 Å². The van der Waals surface area contributed by atoms with Crippen molar-refractivity contribution in [3.63, 3.8) is 0 Å². The number of Topliss-reactive ketones (excluding diaryl/α,β-unsaturated/α-hetero) is 1. The molecule has 18 heavy (non-hydrogen) atoms. The Morgan fingerprint density at radius 2 is 1.39 bits per heavy atom. The molecule has 0 aliphatic heterocycles. The molecule has 2 fully saturated rings. The van der Waals surface area contributed by atoms with E-state index in [1.807, 2.05) is 0 Å². The first-order valence-corrected chi connectivity index (χ1v) is 7.58. The molecular formula is C17H30O. The van der Waals surface area contributed by atoms with E-state index in [1.54, 1.807) is 0 Å². The molecule has 2 aliphatic carbocycles. The van der Waals surface area contributed by atoms with Crippen LogP contribution in [0.1, 0.15) is 66.2 Å². The highest BCUT2D eigenvalue weighted by molar-refractivity contribution is 5.79. The molecule has 0 aromatic carbocycles. The second-order valence-electron chi connectivity index (χ2n) is 6.78. The molecule has 2 saturated carbocycles. The summed E-state index contributed by atoms with van der Waals surface area (Å²) in [6, 6.07) is 0. The smallest absolute Gasteiger partial charge is 0.132 e. The van der Waals surface area contributed by atoms with Crippen LogP contribution in [0.2, 0.25) is 0 Å². The highest BCUT2D eigenvalue weighted by Gasteiger charge is 2.23. The van der Waals surface area contributed by atoms with E-state index in [0.717, 1.165) is 49.4 Å². The average molecular weight is 250 g/mol. The predicted octanol–water partition coefficient (Wildman–Crippen LogP) is 5.01. The fourth-order valence-electron chi connectivity index (χ4n) is 2.78. The van der Waals surface area contributed by atoms with Crippen molar-refractivity contribution in [2.24, 2.45) is 23.7 Å². The van der Waals surface area contributed by atoms with Crippen molar-refractivity contribution in [3.05, 3.63) is 12.2 Å². The maximum absolute atomic E-state index is 10.8. The standard InChI is InChI=1S/C9H16O.C8H14/c1-7(2)8-3-5-9(10)6-4-8;1-6(2)8-4-7(3)5-8/h7-8H,3-6H2,1-2H3;6,8H,3-5H2,1-2H3. The lowest BCUT2D eigenvalue weighted by Gasteiger charge is -2.31. The zero-order chi connectivity index (χ0) is 13.7. The lowest BCUT2D eigenvalue weighted by molar-refractivity contribution is -0.121. The molecule has 0 radical (unpaired) electrons. The van der Waals surface area contributed by atoms with Crippen molar-refractivity contribution in [2.45, 2.75) is 66.2 Å². The quantitative estimate of drug-likeness (QED) is 0.630. The molecule has 0 heterocycles. The van der Waals surface area contributed by atoms with E-state index in [0.29, 0.717) is 5.78 Å². The predicted molar refractivity (Wildman–Crippen MR) is 78.5 cm³/mol. The van der Waals surface area contributed by atoms with Gasteiger partial charge in [0.1, 0.15) is 5.78 Å². The van der Waals surface area contributed by atoms with E-state index >= 15 is 0 Å². The minimum atomic E-state index is 0.469. The Balaban J connectivity index is 0.000000184. The fourth-order valence-corrected chi connectivity index (χ4v) is 2.78. The molecule has 2 aliphatic rings. The largest absolute Gasteiger partial charge is 0.300 e. The third kappa shape index (κ3) is 4.96. The molecule has 1 nitrogen and oxygen atoms in total. The second kappa shape index (κ2) is 7.11. The molecule has 2 rings (SSSR count). The average Bonchev–Trinajstić information content (AvgIpc) is 2.26. The lowest BCUT2D eigenvalue weighted by Crippen LogP contribution is -2.19. The number of allylic oxidation sites excluding steroid dienone is 1. The summed E-state index contributed by atoms with van der Waals surface area (Å²) >= 11 is 0. The number of carbonyl (C=O) groups is 1. The molecule has 0 unspecified atom stereocenters. The summed E-state index contributed by atoms with van der Waals surface area (Å²) in [5, 5.41) is 0. The van der Waals surface area contributed by atoms with E-state index in [4.69, 9.17) is 0 Å². The van der Waals surface area contributed by atoms with Crippen LogP contribution in [0.15, 0.2) is 12.2 Å². The van der Waals surface area contributed by atoms with Gasteiger partial charge in [0.25, 0.3) is 0 Å². The van der Waals surface area contributed by atoms with Crippen molar-refractivity contribution >= 4 is 5.78 Å². The van der Waals surface area contributed by atoms with Gasteiger partial charge in [-0.1, -0.05) is 39.8 Å². The van der Waals surface area contributed by atoms with E-state index in [-0.39, 0.29) is 0 Å². The topological polar surface area (TPSA) is 17.1 Å². The van der Waals surface area contributed by atoms with Crippen LogP contribution in [0.25, 0.3) is 0 Å². The van der Waals surface area contributed by atoms with Crippen molar-refractivity contribution < 1.29 is 4.79 Å². The Kier molecular flexibility index (Phi) is 6.11. The van der Waals surface area contributed by atoms with Gasteiger partial charge in [-0.05, 0) is 49.4 Å². The number of ketones is 1. The van der Waals surface area contributed by atoms with E-state index in [2.05, 4.69) is 34.3 Å². The fraction of sp³-hybridized carbons (Fsp3) is 0.824. The van der Waals surface area contributed by atoms with E-state index < -0.39 is 0 Å². The van der Waals surface area contributed by atoms with Crippen molar-refractivity contribution in [1.82, 2.24) is 0 Å². The van der Waals surface area contributed by atoms with Gasteiger partial charge in [0.15, 0.2) is 0 Å². The Morgan fingerprint density at radius 1 is 0.944 bits per heavy atom. The van der Waals surface area contributed by atoms with Gasteiger partial charge in [0.05, 0.1) is 0 Å². The van der Waals surface area contributed by atoms with Crippen LogP contribution in [0.3, 0.4) is 0 Å². The second-order valence-corrected chi connectivity index (χ2v) is 6.78. The summed E-state index contributed by atoms with van der Waals surface area (Å²) < 4.78 is 0. The van der Waals surface area contributed by atoms with Crippen LogP contribution >= 0.6 is 0 Å². The van der Waals surface area contributed by atoms with Gasteiger partial charge in [-0.2, -0.15) is 0 Å². The minimum absolute atomic E-state index is 0.469. The monoisotopic (exact) mass is 250 g/mol. The number of hydrogen-bond acceptors (Lipinski definition) is 1. The Labute approximate surface area is 113 Å². The van der Waals surface area contributed by atoms with Gasteiger partial charge in [0.2, 0.25) is 0 Å². The maximum atomic E-state index is 10.8. The normalized spacial score (nSPS) is 21.9. The first kappa shape index (κ1) is 15.5. The molecule has 104 valence electrons. The van der Waals surface area contributed by atoms with Crippen molar-refractivity contribution in [3.8, 4) is 0 Å². The molecule has 1 heteroatoms.